The lowest BCUT2D eigenvalue weighted by Gasteiger charge is -2.21. The molecule has 2 aromatic heterocycles. The Morgan fingerprint density at radius 2 is 2.11 bits per heavy atom. The van der Waals surface area contributed by atoms with E-state index in [0.29, 0.717) is 18.2 Å². The van der Waals surface area contributed by atoms with Gasteiger partial charge in [-0.05, 0) is 18.1 Å². The Hall–Kier alpha value is -2.87. The summed E-state index contributed by atoms with van der Waals surface area (Å²) in [6.07, 6.45) is 2.75. The Balaban J connectivity index is 1.47. The molecule has 1 unspecified atom stereocenters. The highest BCUT2D eigenvalue weighted by atomic mass is 32.1. The molecule has 0 aliphatic carbocycles. The second-order valence-corrected chi connectivity index (χ2v) is 7.96. The van der Waals surface area contributed by atoms with Gasteiger partial charge in [-0.25, -0.2) is 0 Å². The van der Waals surface area contributed by atoms with Gasteiger partial charge in [-0.1, -0.05) is 42.5 Å². The van der Waals surface area contributed by atoms with Crippen LogP contribution < -0.4 is 4.90 Å². The quantitative estimate of drug-likeness (QED) is 0.664. The number of anilines is 1. The number of pyridine rings is 1. The van der Waals surface area contributed by atoms with E-state index in [1.54, 1.807) is 23.0 Å². The summed E-state index contributed by atoms with van der Waals surface area (Å²) >= 11 is 1.41. The normalized spacial score (nSPS) is 16.7. The maximum Gasteiger partial charge on any atom is 0.229 e. The van der Waals surface area contributed by atoms with Gasteiger partial charge in [-0.15, -0.1) is 10.2 Å². The van der Waals surface area contributed by atoms with Crippen molar-refractivity contribution in [2.75, 3.05) is 18.5 Å². The third kappa shape index (κ3) is 3.47. The van der Waals surface area contributed by atoms with Crippen LogP contribution in [0.25, 0.3) is 10.9 Å². The molecule has 1 fully saturated rings. The molecule has 1 aliphatic rings. The number of fused-ring (bicyclic) bond motifs is 1. The van der Waals surface area contributed by atoms with Gasteiger partial charge in [-0.2, -0.15) is 0 Å². The molecule has 1 aromatic carbocycles. The fourth-order valence-electron chi connectivity index (χ4n) is 3.49. The molecule has 3 heterocycles. The van der Waals surface area contributed by atoms with Crippen molar-refractivity contribution in [3.63, 3.8) is 0 Å². The molecule has 0 saturated carbocycles. The number of para-hydroxylation sites is 1. The van der Waals surface area contributed by atoms with Crippen molar-refractivity contribution in [3.05, 3.63) is 47.1 Å². The molecule has 7 nitrogen and oxygen atoms in total. The molecule has 4 rings (SSSR count). The number of benzene rings is 1. The smallest absolute Gasteiger partial charge is 0.229 e. The monoisotopic (exact) mass is 395 g/mol. The highest BCUT2D eigenvalue weighted by Gasteiger charge is 2.38. The highest BCUT2D eigenvalue weighted by molar-refractivity contribution is 7.15. The summed E-state index contributed by atoms with van der Waals surface area (Å²) in [4.78, 5) is 33.1. The first-order valence-corrected chi connectivity index (χ1v) is 10.1. The molecule has 1 atom stereocenters. The van der Waals surface area contributed by atoms with Crippen LogP contribution >= 0.6 is 11.3 Å². The molecule has 0 spiro atoms. The molecule has 1 saturated heterocycles. The largest absolute Gasteiger partial charge is 0.341 e. The topological polar surface area (TPSA) is 79.3 Å². The van der Waals surface area contributed by atoms with Gasteiger partial charge in [0.2, 0.25) is 16.9 Å². The first-order valence-electron chi connectivity index (χ1n) is 9.27. The number of carbonyl (C=O) groups excluding carboxylic acids is 2. The Labute approximate surface area is 167 Å². The Bertz CT molecular complexity index is 1030. The molecule has 0 bridgehead atoms. The number of amides is 2. The SMILES string of the molecule is CCc1nnc(N2CC(C(=O)N(C)Cc3cccc4cccnc34)CC2=O)s1. The van der Waals surface area contributed by atoms with Crippen LogP contribution in [0, 0.1) is 5.92 Å². The lowest BCUT2D eigenvalue weighted by Crippen LogP contribution is -2.34. The zero-order chi connectivity index (χ0) is 19.7. The van der Waals surface area contributed by atoms with Gasteiger partial charge in [0.05, 0.1) is 11.4 Å². The number of aromatic nitrogens is 3. The standard InChI is InChI=1S/C20H21N5O2S/c1-3-16-22-23-20(28-16)25-12-15(10-17(25)26)19(27)24(2)11-14-7-4-6-13-8-5-9-21-18(13)14/h4-9,15H,3,10-12H2,1-2H3. The van der Waals surface area contributed by atoms with Gasteiger partial charge in [0.1, 0.15) is 5.01 Å². The second-order valence-electron chi connectivity index (χ2n) is 6.92. The van der Waals surface area contributed by atoms with E-state index >= 15 is 0 Å². The van der Waals surface area contributed by atoms with Crippen LogP contribution in [0.4, 0.5) is 5.13 Å². The molecular weight excluding hydrogens is 374 g/mol. The van der Waals surface area contributed by atoms with Crippen molar-refractivity contribution in [2.24, 2.45) is 5.92 Å². The summed E-state index contributed by atoms with van der Waals surface area (Å²) in [6.45, 7) is 2.81. The third-order valence-electron chi connectivity index (χ3n) is 4.96. The summed E-state index contributed by atoms with van der Waals surface area (Å²) in [6, 6.07) is 9.87. The molecule has 1 aliphatic heterocycles. The first kappa shape index (κ1) is 18.5. The van der Waals surface area contributed by atoms with E-state index in [1.807, 2.05) is 37.3 Å². The molecular formula is C20H21N5O2S. The summed E-state index contributed by atoms with van der Waals surface area (Å²) in [5.74, 6) is -0.476. The average molecular weight is 395 g/mol. The Kier molecular flexibility index (Phi) is 5.04. The minimum absolute atomic E-state index is 0.0379. The van der Waals surface area contributed by atoms with Crippen molar-refractivity contribution < 1.29 is 9.59 Å². The van der Waals surface area contributed by atoms with Crippen LogP contribution in [0.5, 0.6) is 0 Å². The summed E-state index contributed by atoms with van der Waals surface area (Å²) in [5.41, 5.74) is 1.89. The van der Waals surface area contributed by atoms with E-state index in [4.69, 9.17) is 0 Å². The summed E-state index contributed by atoms with van der Waals surface area (Å²) < 4.78 is 0. The van der Waals surface area contributed by atoms with Crippen molar-refractivity contribution >= 4 is 39.2 Å². The molecule has 0 radical (unpaired) electrons. The van der Waals surface area contributed by atoms with Gasteiger partial charge < -0.3 is 4.90 Å². The first-order chi connectivity index (χ1) is 13.6. The second kappa shape index (κ2) is 7.63. The minimum Gasteiger partial charge on any atom is -0.341 e. The Morgan fingerprint density at radius 3 is 2.89 bits per heavy atom. The van der Waals surface area contributed by atoms with Crippen LogP contribution in [0.2, 0.25) is 0 Å². The maximum atomic E-state index is 13.0. The van der Waals surface area contributed by atoms with Crippen LogP contribution in [0.1, 0.15) is 23.9 Å². The number of rotatable bonds is 5. The Morgan fingerprint density at radius 1 is 1.29 bits per heavy atom. The number of nitrogens with zero attached hydrogens (tertiary/aromatic N) is 5. The van der Waals surface area contributed by atoms with E-state index in [1.165, 1.54) is 11.3 Å². The summed E-state index contributed by atoms with van der Waals surface area (Å²) in [5, 5.41) is 10.7. The molecule has 28 heavy (non-hydrogen) atoms. The van der Waals surface area contributed by atoms with Crippen molar-refractivity contribution in [2.45, 2.75) is 26.3 Å². The van der Waals surface area contributed by atoms with Gasteiger partial charge in [0.25, 0.3) is 0 Å². The zero-order valence-electron chi connectivity index (χ0n) is 15.8. The number of hydrogen-bond donors (Lipinski definition) is 0. The van der Waals surface area contributed by atoms with Gasteiger partial charge in [-0.3, -0.25) is 19.5 Å². The van der Waals surface area contributed by atoms with Crippen LogP contribution in [-0.4, -0.2) is 45.5 Å². The predicted octanol–water partition coefficient (Wildman–Crippen LogP) is 2.66. The van der Waals surface area contributed by atoms with E-state index < -0.39 is 0 Å². The van der Waals surface area contributed by atoms with E-state index in [-0.39, 0.29) is 24.2 Å². The number of aryl methyl sites for hydroxylation is 1. The van der Waals surface area contributed by atoms with Crippen LogP contribution in [0.15, 0.2) is 36.5 Å². The number of carbonyl (C=O) groups is 2. The van der Waals surface area contributed by atoms with Gasteiger partial charge in [0.15, 0.2) is 0 Å². The molecule has 8 heteroatoms. The van der Waals surface area contributed by atoms with Crippen LogP contribution in [0.3, 0.4) is 0 Å². The van der Waals surface area contributed by atoms with Crippen LogP contribution in [-0.2, 0) is 22.6 Å². The highest BCUT2D eigenvalue weighted by Crippen LogP contribution is 2.29. The number of hydrogen-bond acceptors (Lipinski definition) is 6. The lowest BCUT2D eigenvalue weighted by molar-refractivity contribution is -0.135. The predicted molar refractivity (Wildman–Crippen MR) is 108 cm³/mol. The van der Waals surface area contributed by atoms with Crippen molar-refractivity contribution in [3.8, 4) is 0 Å². The zero-order valence-corrected chi connectivity index (χ0v) is 16.6. The van der Waals surface area contributed by atoms with Gasteiger partial charge in [0, 0.05) is 38.1 Å². The van der Waals surface area contributed by atoms with E-state index in [9.17, 15) is 9.59 Å². The molecule has 144 valence electrons. The van der Waals surface area contributed by atoms with E-state index in [2.05, 4.69) is 15.2 Å². The minimum atomic E-state index is -0.366. The average Bonchev–Trinajstić information content (AvgIpc) is 3.34. The van der Waals surface area contributed by atoms with Crippen molar-refractivity contribution in [1.29, 1.82) is 0 Å². The summed E-state index contributed by atoms with van der Waals surface area (Å²) in [7, 11) is 1.78. The molecule has 3 aromatic rings. The fourth-order valence-corrected chi connectivity index (χ4v) is 4.30. The molecule has 2 amide bonds. The fraction of sp³-hybridized carbons (Fsp3) is 0.350. The van der Waals surface area contributed by atoms with E-state index in [0.717, 1.165) is 27.9 Å². The lowest BCUT2D eigenvalue weighted by atomic mass is 10.1. The maximum absolute atomic E-state index is 13.0. The molecule has 0 N–H and O–H groups in total. The third-order valence-corrected chi connectivity index (χ3v) is 6.05. The van der Waals surface area contributed by atoms with Crippen molar-refractivity contribution in [1.82, 2.24) is 20.1 Å². The van der Waals surface area contributed by atoms with Gasteiger partial charge >= 0.3 is 0 Å².